The van der Waals surface area contributed by atoms with Crippen LogP contribution in [0.4, 0.5) is 32.1 Å². The normalized spacial score (nSPS) is 13.0. The summed E-state index contributed by atoms with van der Waals surface area (Å²) >= 11 is 0. The smallest absolute Gasteiger partial charge is 0.387 e. The first-order valence-corrected chi connectivity index (χ1v) is 10.0. The van der Waals surface area contributed by atoms with Crippen LogP contribution in [0.3, 0.4) is 0 Å². The largest absolute Gasteiger partial charge is 0.435 e. The molecule has 1 aromatic heterocycles. The summed E-state index contributed by atoms with van der Waals surface area (Å²) in [6.45, 7) is 1.50. The second-order valence-electron chi connectivity index (χ2n) is 7.34. The van der Waals surface area contributed by atoms with Crippen LogP contribution in [0.15, 0.2) is 42.7 Å². The number of nitrogens with one attached hydrogen (secondary N) is 2. The van der Waals surface area contributed by atoms with Crippen molar-refractivity contribution in [3.05, 3.63) is 59.4 Å². The maximum atomic E-state index is 12.7. The van der Waals surface area contributed by atoms with Gasteiger partial charge in [-0.15, -0.1) is 0 Å². The van der Waals surface area contributed by atoms with Crippen molar-refractivity contribution in [1.82, 2.24) is 15.0 Å². The molecule has 0 atom stereocenters. The summed E-state index contributed by atoms with van der Waals surface area (Å²) in [6, 6.07) is 10.7. The highest BCUT2D eigenvalue weighted by Crippen LogP contribution is 2.31. The summed E-state index contributed by atoms with van der Waals surface area (Å²) in [5, 5.41) is 5.96. The summed E-state index contributed by atoms with van der Waals surface area (Å²) in [7, 11) is 0. The Labute approximate surface area is 183 Å². The van der Waals surface area contributed by atoms with Crippen LogP contribution in [-0.2, 0) is 17.8 Å². The number of amides is 1. The van der Waals surface area contributed by atoms with E-state index >= 15 is 0 Å². The Balaban J connectivity index is 1.53. The van der Waals surface area contributed by atoms with Crippen LogP contribution < -0.4 is 20.3 Å². The minimum atomic E-state index is -2.86. The molecule has 0 aliphatic carbocycles. The number of carbonyl (C=O) groups excluding carboxylic acids is 1. The number of carbonyl (C=O) groups is 1. The van der Waals surface area contributed by atoms with Crippen LogP contribution in [0.1, 0.15) is 23.6 Å². The highest BCUT2D eigenvalue weighted by molar-refractivity contribution is 5.90. The molecule has 3 aromatic rings. The number of fused-ring (bicyclic) bond motifs is 1. The van der Waals surface area contributed by atoms with Crippen molar-refractivity contribution in [3.8, 4) is 5.75 Å². The minimum absolute atomic E-state index is 0.153. The molecule has 2 N–H and O–H groups in total. The topological polar surface area (TPSA) is 92.3 Å². The third kappa shape index (κ3) is 4.74. The molecule has 0 unspecified atom stereocenters. The second-order valence-corrected chi connectivity index (χ2v) is 7.34. The van der Waals surface area contributed by atoms with Crippen molar-refractivity contribution in [3.63, 3.8) is 0 Å². The van der Waals surface area contributed by atoms with Crippen molar-refractivity contribution < 1.29 is 18.3 Å². The standard InChI is InChI=1S/C22H22F2N6O2/c1-13-17(27-14(2)31)6-4-7-18(13)28-21-25-12-26-22(29-21)30-10-9-16-15(11-30)5-3-8-19(16)32-20(23)24/h3-8,12,20H,9-11H2,1-2H3,(H,27,31)(H,25,26,28,29). The first kappa shape index (κ1) is 21.4. The lowest BCUT2D eigenvalue weighted by Crippen LogP contribution is -2.32. The SMILES string of the molecule is CC(=O)Nc1cccc(Nc2ncnc(N3CCc4c(cccc4OC(F)F)C3)n2)c1C. The number of anilines is 4. The number of rotatable bonds is 6. The summed E-state index contributed by atoms with van der Waals surface area (Å²) in [4.78, 5) is 26.4. The van der Waals surface area contributed by atoms with E-state index in [1.165, 1.54) is 13.3 Å². The third-order valence-electron chi connectivity index (χ3n) is 5.17. The van der Waals surface area contributed by atoms with Gasteiger partial charge in [-0.25, -0.2) is 9.97 Å². The first-order valence-electron chi connectivity index (χ1n) is 10.0. The van der Waals surface area contributed by atoms with Crippen LogP contribution in [0.5, 0.6) is 5.75 Å². The fraction of sp³-hybridized carbons (Fsp3) is 0.273. The molecule has 2 heterocycles. The Hall–Kier alpha value is -3.82. The van der Waals surface area contributed by atoms with E-state index in [4.69, 9.17) is 0 Å². The number of aromatic nitrogens is 3. The maximum absolute atomic E-state index is 12.7. The Morgan fingerprint density at radius 2 is 1.94 bits per heavy atom. The van der Waals surface area contributed by atoms with Gasteiger partial charge in [0.15, 0.2) is 0 Å². The van der Waals surface area contributed by atoms with Crippen LogP contribution in [0.25, 0.3) is 0 Å². The van der Waals surface area contributed by atoms with E-state index in [9.17, 15) is 13.6 Å². The molecule has 0 saturated heterocycles. The van der Waals surface area contributed by atoms with Gasteiger partial charge in [-0.05, 0) is 42.7 Å². The summed E-state index contributed by atoms with van der Waals surface area (Å²) < 4.78 is 30.0. The van der Waals surface area contributed by atoms with Crippen LogP contribution in [0, 0.1) is 6.92 Å². The molecule has 0 radical (unpaired) electrons. The van der Waals surface area contributed by atoms with E-state index in [0.717, 1.165) is 22.4 Å². The van der Waals surface area contributed by atoms with E-state index in [1.807, 2.05) is 36.1 Å². The monoisotopic (exact) mass is 440 g/mol. The van der Waals surface area contributed by atoms with E-state index in [2.05, 4.69) is 30.3 Å². The number of alkyl halides is 2. The van der Waals surface area contributed by atoms with Gasteiger partial charge in [-0.1, -0.05) is 18.2 Å². The lowest BCUT2D eigenvalue weighted by Gasteiger charge is -2.29. The molecule has 0 saturated carbocycles. The van der Waals surface area contributed by atoms with Gasteiger partial charge < -0.3 is 20.3 Å². The van der Waals surface area contributed by atoms with Gasteiger partial charge in [0.05, 0.1) is 0 Å². The first-order chi connectivity index (χ1) is 15.4. The number of benzene rings is 2. The van der Waals surface area contributed by atoms with E-state index in [1.54, 1.807) is 12.1 Å². The number of hydrogen-bond acceptors (Lipinski definition) is 7. The summed E-state index contributed by atoms with van der Waals surface area (Å²) in [6.07, 6.45) is 1.95. The molecule has 166 valence electrons. The Morgan fingerprint density at radius 1 is 1.16 bits per heavy atom. The maximum Gasteiger partial charge on any atom is 0.387 e. The molecule has 0 spiro atoms. The molecule has 10 heteroatoms. The Kier molecular flexibility index (Phi) is 6.11. The average Bonchev–Trinajstić information content (AvgIpc) is 2.76. The lowest BCUT2D eigenvalue weighted by atomic mass is 9.99. The van der Waals surface area contributed by atoms with Crippen LogP contribution in [-0.4, -0.2) is 34.0 Å². The van der Waals surface area contributed by atoms with Crippen LogP contribution in [0.2, 0.25) is 0 Å². The molecule has 32 heavy (non-hydrogen) atoms. The van der Waals surface area contributed by atoms with Crippen molar-refractivity contribution in [2.24, 2.45) is 0 Å². The van der Waals surface area contributed by atoms with Gasteiger partial charge in [-0.3, -0.25) is 4.79 Å². The fourth-order valence-corrected chi connectivity index (χ4v) is 3.67. The molecule has 0 bridgehead atoms. The molecule has 1 aliphatic heterocycles. The molecule has 1 amide bonds. The quantitative estimate of drug-likeness (QED) is 0.598. The van der Waals surface area contributed by atoms with Crippen molar-refractivity contribution in [2.45, 2.75) is 33.4 Å². The van der Waals surface area contributed by atoms with Crippen LogP contribution >= 0.6 is 0 Å². The number of hydrogen-bond donors (Lipinski definition) is 2. The lowest BCUT2D eigenvalue weighted by molar-refractivity contribution is -0.114. The summed E-state index contributed by atoms with van der Waals surface area (Å²) in [5.74, 6) is 0.896. The van der Waals surface area contributed by atoms with Gasteiger partial charge in [0.1, 0.15) is 12.1 Å². The van der Waals surface area contributed by atoms with Gasteiger partial charge >= 0.3 is 6.61 Å². The zero-order valence-electron chi connectivity index (χ0n) is 17.6. The van der Waals surface area contributed by atoms with Gasteiger partial charge in [0, 0.05) is 37.0 Å². The molecular formula is C22H22F2N6O2. The molecule has 8 nitrogen and oxygen atoms in total. The zero-order valence-corrected chi connectivity index (χ0v) is 17.6. The summed E-state index contributed by atoms with van der Waals surface area (Å²) in [5.41, 5.74) is 3.98. The zero-order chi connectivity index (χ0) is 22.7. The molecule has 2 aromatic carbocycles. The number of ether oxygens (including phenoxy) is 1. The van der Waals surface area contributed by atoms with Gasteiger partial charge in [-0.2, -0.15) is 13.8 Å². The Bertz CT molecular complexity index is 1140. The predicted octanol–water partition coefficient (Wildman–Crippen LogP) is 4.05. The Morgan fingerprint density at radius 3 is 2.72 bits per heavy atom. The van der Waals surface area contributed by atoms with Gasteiger partial charge in [0.2, 0.25) is 17.8 Å². The van der Waals surface area contributed by atoms with E-state index in [-0.39, 0.29) is 11.7 Å². The highest BCUT2D eigenvalue weighted by Gasteiger charge is 2.23. The minimum Gasteiger partial charge on any atom is -0.435 e. The third-order valence-corrected chi connectivity index (χ3v) is 5.17. The molecule has 4 rings (SSSR count). The van der Waals surface area contributed by atoms with Gasteiger partial charge in [0.25, 0.3) is 0 Å². The number of halogens is 2. The van der Waals surface area contributed by atoms with E-state index < -0.39 is 6.61 Å². The van der Waals surface area contributed by atoms with Crippen molar-refractivity contribution in [1.29, 1.82) is 0 Å². The van der Waals surface area contributed by atoms with E-state index in [0.29, 0.717) is 37.1 Å². The second kappa shape index (κ2) is 9.13. The van der Waals surface area contributed by atoms with Crippen molar-refractivity contribution >= 4 is 29.2 Å². The molecular weight excluding hydrogens is 418 g/mol. The molecule has 1 aliphatic rings. The average molecular weight is 440 g/mol. The van der Waals surface area contributed by atoms with Crippen molar-refractivity contribution in [2.75, 3.05) is 22.1 Å². The highest BCUT2D eigenvalue weighted by atomic mass is 19.3. The predicted molar refractivity (Wildman–Crippen MR) is 116 cm³/mol. The molecule has 0 fully saturated rings. The fourth-order valence-electron chi connectivity index (χ4n) is 3.67. The number of nitrogens with zero attached hydrogens (tertiary/aromatic N) is 4.